The van der Waals surface area contributed by atoms with E-state index >= 15 is 0 Å². The van der Waals surface area contributed by atoms with Gasteiger partial charge in [0.15, 0.2) is 0 Å². The molecule has 2 aromatic heterocycles. The molecule has 0 bridgehead atoms. The molecule has 2 atom stereocenters. The highest BCUT2D eigenvalue weighted by Gasteiger charge is 2.41. The fourth-order valence-electron chi connectivity index (χ4n) is 3.14. The van der Waals surface area contributed by atoms with Crippen molar-refractivity contribution in [1.82, 2.24) is 20.0 Å². The van der Waals surface area contributed by atoms with E-state index in [-0.39, 0.29) is 17.4 Å². The summed E-state index contributed by atoms with van der Waals surface area (Å²) in [6, 6.07) is 2.04. The summed E-state index contributed by atoms with van der Waals surface area (Å²) in [4.78, 5) is 0. The van der Waals surface area contributed by atoms with Crippen molar-refractivity contribution < 1.29 is 9.15 Å². The lowest BCUT2D eigenvalue weighted by Crippen LogP contribution is -2.30. The van der Waals surface area contributed by atoms with E-state index in [4.69, 9.17) is 9.15 Å². The molecule has 2 aromatic rings. The molecule has 120 valence electrons. The Morgan fingerprint density at radius 3 is 2.68 bits per heavy atom. The minimum atomic E-state index is 0.0610. The summed E-state index contributed by atoms with van der Waals surface area (Å²) >= 11 is 0. The second-order valence-corrected chi connectivity index (χ2v) is 7.17. The predicted molar refractivity (Wildman–Crippen MR) is 81.7 cm³/mol. The zero-order valence-corrected chi connectivity index (χ0v) is 14.0. The van der Waals surface area contributed by atoms with Crippen LogP contribution in [0.1, 0.15) is 56.3 Å². The van der Waals surface area contributed by atoms with Crippen LogP contribution in [0.4, 0.5) is 0 Å². The summed E-state index contributed by atoms with van der Waals surface area (Å²) in [5.74, 6) is 1.47. The average molecular weight is 304 g/mol. The maximum absolute atomic E-state index is 5.90. The molecule has 0 radical (unpaired) electrons. The first-order chi connectivity index (χ1) is 10.3. The molecule has 0 N–H and O–H groups in total. The van der Waals surface area contributed by atoms with Crippen LogP contribution in [0.25, 0.3) is 0 Å². The number of rotatable bonds is 3. The standard InChI is InChI=1S/C16H24N4O2/c1-10-8-11(2)20(19-10)9-13-17-18-15(22-13)12-6-7-21-14(12)16(3,4)5/h8,12,14H,6-7,9H2,1-5H3/t12-,14-/m0/s1. The van der Waals surface area contributed by atoms with E-state index in [0.29, 0.717) is 18.3 Å². The van der Waals surface area contributed by atoms with Crippen LogP contribution >= 0.6 is 0 Å². The minimum absolute atomic E-state index is 0.0610. The van der Waals surface area contributed by atoms with Crippen molar-refractivity contribution in [2.45, 2.75) is 59.6 Å². The molecule has 0 amide bonds. The van der Waals surface area contributed by atoms with Crippen molar-refractivity contribution in [3.05, 3.63) is 29.2 Å². The summed E-state index contributed by atoms with van der Waals surface area (Å²) in [6.07, 6.45) is 1.05. The van der Waals surface area contributed by atoms with Crippen LogP contribution in [-0.2, 0) is 11.3 Å². The number of ether oxygens (including phenoxy) is 1. The smallest absolute Gasteiger partial charge is 0.237 e. The van der Waals surface area contributed by atoms with E-state index in [2.05, 4.69) is 36.1 Å². The Kier molecular flexibility index (Phi) is 3.80. The molecule has 0 unspecified atom stereocenters. The first kappa shape index (κ1) is 15.2. The first-order valence-corrected chi connectivity index (χ1v) is 7.79. The van der Waals surface area contributed by atoms with Gasteiger partial charge < -0.3 is 9.15 Å². The van der Waals surface area contributed by atoms with Gasteiger partial charge in [-0.15, -0.1) is 10.2 Å². The molecule has 6 nitrogen and oxygen atoms in total. The molecule has 1 aliphatic heterocycles. The van der Waals surface area contributed by atoms with Gasteiger partial charge in [-0.05, 0) is 31.7 Å². The van der Waals surface area contributed by atoms with Crippen molar-refractivity contribution in [1.29, 1.82) is 0 Å². The zero-order valence-electron chi connectivity index (χ0n) is 14.0. The quantitative estimate of drug-likeness (QED) is 0.872. The Morgan fingerprint density at radius 1 is 1.27 bits per heavy atom. The lowest BCUT2D eigenvalue weighted by atomic mass is 9.81. The summed E-state index contributed by atoms with van der Waals surface area (Å²) < 4.78 is 13.7. The Hall–Kier alpha value is -1.69. The van der Waals surface area contributed by atoms with E-state index in [0.717, 1.165) is 24.4 Å². The summed E-state index contributed by atoms with van der Waals surface area (Å²) in [6.45, 7) is 11.8. The van der Waals surface area contributed by atoms with E-state index < -0.39 is 0 Å². The van der Waals surface area contributed by atoms with Gasteiger partial charge in [0.25, 0.3) is 0 Å². The van der Waals surface area contributed by atoms with E-state index in [1.54, 1.807) is 0 Å². The summed E-state index contributed by atoms with van der Waals surface area (Å²) in [7, 11) is 0. The maximum atomic E-state index is 5.90. The van der Waals surface area contributed by atoms with E-state index in [1.807, 2.05) is 24.6 Å². The number of hydrogen-bond acceptors (Lipinski definition) is 5. The van der Waals surface area contributed by atoms with Gasteiger partial charge in [0.2, 0.25) is 11.8 Å². The van der Waals surface area contributed by atoms with E-state index in [1.165, 1.54) is 0 Å². The number of aryl methyl sites for hydroxylation is 2. The van der Waals surface area contributed by atoms with Crippen molar-refractivity contribution in [2.75, 3.05) is 6.61 Å². The lowest BCUT2D eigenvalue weighted by Gasteiger charge is -2.29. The molecule has 1 saturated heterocycles. The summed E-state index contributed by atoms with van der Waals surface area (Å²) in [5, 5.41) is 12.9. The third-order valence-electron chi connectivity index (χ3n) is 4.13. The molecule has 3 heterocycles. The molecule has 22 heavy (non-hydrogen) atoms. The highest BCUT2D eigenvalue weighted by Crippen LogP contribution is 2.40. The molecule has 1 fully saturated rings. The molecular weight excluding hydrogens is 280 g/mol. The van der Waals surface area contributed by atoms with Gasteiger partial charge in [0, 0.05) is 12.3 Å². The van der Waals surface area contributed by atoms with Crippen LogP contribution in [0.5, 0.6) is 0 Å². The van der Waals surface area contributed by atoms with Crippen molar-refractivity contribution >= 4 is 0 Å². The van der Waals surface area contributed by atoms with Gasteiger partial charge >= 0.3 is 0 Å². The zero-order chi connectivity index (χ0) is 15.9. The van der Waals surface area contributed by atoms with Crippen LogP contribution in [0, 0.1) is 19.3 Å². The third-order valence-corrected chi connectivity index (χ3v) is 4.13. The molecular formula is C16H24N4O2. The Bertz CT molecular complexity index is 653. The second kappa shape index (κ2) is 5.50. The maximum Gasteiger partial charge on any atom is 0.237 e. The average Bonchev–Trinajstić information content (AvgIpc) is 3.09. The predicted octanol–water partition coefficient (Wildman–Crippen LogP) is 2.85. The van der Waals surface area contributed by atoms with Gasteiger partial charge in [0.1, 0.15) is 6.54 Å². The molecule has 1 aliphatic rings. The second-order valence-electron chi connectivity index (χ2n) is 7.17. The van der Waals surface area contributed by atoms with Crippen molar-refractivity contribution in [3.8, 4) is 0 Å². The Morgan fingerprint density at radius 2 is 2.05 bits per heavy atom. The fourth-order valence-corrected chi connectivity index (χ4v) is 3.14. The van der Waals surface area contributed by atoms with Crippen molar-refractivity contribution in [2.24, 2.45) is 5.41 Å². The topological polar surface area (TPSA) is 66.0 Å². The van der Waals surface area contributed by atoms with Crippen LogP contribution in [0.2, 0.25) is 0 Å². The molecule has 6 heteroatoms. The van der Waals surface area contributed by atoms with Gasteiger partial charge in [-0.3, -0.25) is 4.68 Å². The van der Waals surface area contributed by atoms with Gasteiger partial charge in [-0.25, -0.2) is 0 Å². The Labute approximate surface area is 130 Å². The van der Waals surface area contributed by atoms with Crippen LogP contribution < -0.4 is 0 Å². The SMILES string of the molecule is Cc1cc(C)n(Cc2nnc([C@H]3CCO[C@@H]3C(C)(C)C)o2)n1. The molecule has 0 aromatic carbocycles. The molecule has 0 saturated carbocycles. The first-order valence-electron chi connectivity index (χ1n) is 7.79. The number of nitrogens with zero attached hydrogens (tertiary/aromatic N) is 4. The third kappa shape index (κ3) is 2.92. The minimum Gasteiger partial charge on any atom is -0.423 e. The molecule has 3 rings (SSSR count). The van der Waals surface area contributed by atoms with Crippen LogP contribution in [0.15, 0.2) is 10.5 Å². The summed E-state index contributed by atoms with van der Waals surface area (Å²) in [5.41, 5.74) is 2.15. The largest absolute Gasteiger partial charge is 0.423 e. The van der Waals surface area contributed by atoms with Crippen LogP contribution in [0.3, 0.4) is 0 Å². The van der Waals surface area contributed by atoms with E-state index in [9.17, 15) is 0 Å². The van der Waals surface area contributed by atoms with Gasteiger partial charge in [-0.1, -0.05) is 20.8 Å². The van der Waals surface area contributed by atoms with Crippen molar-refractivity contribution in [3.63, 3.8) is 0 Å². The fraction of sp³-hybridized carbons (Fsp3) is 0.688. The monoisotopic (exact) mass is 304 g/mol. The highest BCUT2D eigenvalue weighted by molar-refractivity contribution is 5.08. The Balaban J connectivity index is 1.77. The molecule has 0 aliphatic carbocycles. The number of hydrogen-bond donors (Lipinski definition) is 0. The lowest BCUT2D eigenvalue weighted by molar-refractivity contribution is 0.0170. The normalized spacial score (nSPS) is 22.4. The number of aromatic nitrogens is 4. The molecule has 0 spiro atoms. The van der Waals surface area contributed by atoms with Crippen LogP contribution in [-0.4, -0.2) is 32.7 Å². The van der Waals surface area contributed by atoms with Gasteiger partial charge in [-0.2, -0.15) is 5.10 Å². The van der Waals surface area contributed by atoms with Gasteiger partial charge in [0.05, 0.1) is 17.7 Å². The highest BCUT2D eigenvalue weighted by atomic mass is 16.5.